The SMILES string of the molecule is Cn1nc(C(=O)O)c(/C(=N/Nc2ccccn2)c2ccccc2)c1-c1ccccc1. The van der Waals surface area contributed by atoms with Crippen LogP contribution in [0.3, 0.4) is 0 Å². The predicted molar refractivity (Wildman–Crippen MR) is 116 cm³/mol. The van der Waals surface area contributed by atoms with Crippen LogP contribution in [0.5, 0.6) is 0 Å². The lowest BCUT2D eigenvalue weighted by Gasteiger charge is -2.11. The highest BCUT2D eigenvalue weighted by Crippen LogP contribution is 2.29. The van der Waals surface area contributed by atoms with Gasteiger partial charge in [-0.3, -0.25) is 10.1 Å². The van der Waals surface area contributed by atoms with Crippen molar-refractivity contribution in [2.24, 2.45) is 12.1 Å². The molecule has 0 aliphatic rings. The molecular formula is C23H19N5O2. The number of nitrogens with zero attached hydrogens (tertiary/aromatic N) is 4. The third-order valence-corrected chi connectivity index (χ3v) is 4.53. The fourth-order valence-corrected chi connectivity index (χ4v) is 3.23. The summed E-state index contributed by atoms with van der Waals surface area (Å²) < 4.78 is 1.58. The number of carboxylic acids is 1. The molecule has 2 N–H and O–H groups in total. The fraction of sp³-hybridized carbons (Fsp3) is 0.0435. The van der Waals surface area contributed by atoms with Gasteiger partial charge >= 0.3 is 5.97 Å². The van der Waals surface area contributed by atoms with Gasteiger partial charge < -0.3 is 5.11 Å². The van der Waals surface area contributed by atoms with Crippen LogP contribution >= 0.6 is 0 Å². The molecule has 0 spiro atoms. The first-order valence-corrected chi connectivity index (χ1v) is 9.31. The number of hydrogen-bond acceptors (Lipinski definition) is 5. The van der Waals surface area contributed by atoms with E-state index in [0.29, 0.717) is 22.8 Å². The second kappa shape index (κ2) is 8.40. The Morgan fingerprint density at radius 1 is 0.967 bits per heavy atom. The molecule has 30 heavy (non-hydrogen) atoms. The Hall–Kier alpha value is -4.26. The second-order valence-electron chi connectivity index (χ2n) is 6.52. The van der Waals surface area contributed by atoms with Crippen LogP contribution in [0.1, 0.15) is 21.6 Å². The molecule has 7 nitrogen and oxygen atoms in total. The smallest absolute Gasteiger partial charge is 0.357 e. The van der Waals surface area contributed by atoms with Crippen LogP contribution in [0.4, 0.5) is 5.82 Å². The van der Waals surface area contributed by atoms with Gasteiger partial charge in [-0.05, 0) is 12.1 Å². The van der Waals surface area contributed by atoms with Crippen molar-refractivity contribution in [1.29, 1.82) is 0 Å². The first-order chi connectivity index (χ1) is 14.6. The molecule has 0 radical (unpaired) electrons. The van der Waals surface area contributed by atoms with E-state index in [1.165, 1.54) is 0 Å². The van der Waals surface area contributed by atoms with Crippen LogP contribution in [-0.2, 0) is 7.05 Å². The molecule has 0 fully saturated rings. The van der Waals surface area contributed by atoms with Gasteiger partial charge in [0.1, 0.15) is 11.5 Å². The number of hydrazone groups is 1. The quantitative estimate of drug-likeness (QED) is 0.378. The molecule has 2 heterocycles. The summed E-state index contributed by atoms with van der Waals surface area (Å²) in [5.41, 5.74) is 6.04. The molecule has 7 heteroatoms. The first kappa shape index (κ1) is 19.1. The summed E-state index contributed by atoms with van der Waals surface area (Å²) in [6, 6.07) is 24.4. The van der Waals surface area contributed by atoms with Crippen molar-refractivity contribution < 1.29 is 9.90 Å². The fourth-order valence-electron chi connectivity index (χ4n) is 3.23. The number of pyridine rings is 1. The van der Waals surface area contributed by atoms with Crippen molar-refractivity contribution in [2.75, 3.05) is 5.43 Å². The van der Waals surface area contributed by atoms with E-state index in [0.717, 1.165) is 11.1 Å². The highest BCUT2D eigenvalue weighted by molar-refractivity contribution is 6.20. The first-order valence-electron chi connectivity index (χ1n) is 9.31. The van der Waals surface area contributed by atoms with E-state index in [1.54, 1.807) is 24.0 Å². The molecule has 4 rings (SSSR count). The Balaban J connectivity index is 1.96. The van der Waals surface area contributed by atoms with Crippen LogP contribution < -0.4 is 5.43 Å². The third-order valence-electron chi connectivity index (χ3n) is 4.53. The summed E-state index contributed by atoms with van der Waals surface area (Å²) in [6.07, 6.45) is 1.65. The van der Waals surface area contributed by atoms with Gasteiger partial charge in [-0.15, -0.1) is 0 Å². The van der Waals surface area contributed by atoms with Crippen LogP contribution in [0.15, 0.2) is 90.2 Å². The summed E-state index contributed by atoms with van der Waals surface area (Å²) in [7, 11) is 1.73. The number of aryl methyl sites for hydroxylation is 1. The van der Waals surface area contributed by atoms with Gasteiger partial charge in [0.15, 0.2) is 5.69 Å². The van der Waals surface area contributed by atoms with E-state index in [9.17, 15) is 9.90 Å². The van der Waals surface area contributed by atoms with E-state index < -0.39 is 5.97 Å². The Morgan fingerprint density at radius 2 is 1.63 bits per heavy atom. The Bertz CT molecular complexity index is 1190. The van der Waals surface area contributed by atoms with Crippen molar-refractivity contribution in [3.05, 3.63) is 102 Å². The van der Waals surface area contributed by atoms with E-state index in [1.807, 2.05) is 72.8 Å². The summed E-state index contributed by atoms with van der Waals surface area (Å²) in [4.78, 5) is 16.3. The maximum Gasteiger partial charge on any atom is 0.357 e. The van der Waals surface area contributed by atoms with E-state index in [4.69, 9.17) is 0 Å². The highest BCUT2D eigenvalue weighted by Gasteiger charge is 2.27. The topological polar surface area (TPSA) is 92.4 Å². The van der Waals surface area contributed by atoms with Crippen LogP contribution in [0.25, 0.3) is 11.3 Å². The maximum atomic E-state index is 12.1. The van der Waals surface area contributed by atoms with Gasteiger partial charge in [-0.2, -0.15) is 10.2 Å². The zero-order valence-electron chi connectivity index (χ0n) is 16.2. The van der Waals surface area contributed by atoms with E-state index in [2.05, 4.69) is 20.6 Å². The van der Waals surface area contributed by atoms with Gasteiger partial charge in [-0.1, -0.05) is 66.7 Å². The Morgan fingerprint density at radius 3 is 2.27 bits per heavy atom. The standard InChI is InChI=1S/C23H19N5O2/c1-28-22(17-12-6-3-7-13-17)19(21(27-28)23(29)30)20(16-10-4-2-5-11-16)26-25-18-14-8-9-15-24-18/h2-15H,1H3,(H,24,25)(H,29,30)/b26-20+. The lowest BCUT2D eigenvalue weighted by atomic mass is 9.96. The molecule has 0 bridgehead atoms. The number of hydrogen-bond donors (Lipinski definition) is 2. The number of aromatic carboxylic acids is 1. The third kappa shape index (κ3) is 3.81. The molecular weight excluding hydrogens is 378 g/mol. The number of carbonyl (C=O) groups is 1. The zero-order chi connectivity index (χ0) is 20.9. The summed E-state index contributed by atoms with van der Waals surface area (Å²) in [6.45, 7) is 0. The van der Waals surface area contributed by atoms with Crippen LogP contribution in [0, 0.1) is 0 Å². The minimum atomic E-state index is -1.12. The van der Waals surface area contributed by atoms with Gasteiger partial charge in [0.2, 0.25) is 0 Å². The lowest BCUT2D eigenvalue weighted by molar-refractivity contribution is 0.0689. The number of aromatic nitrogens is 3. The Labute approximate surface area is 173 Å². The highest BCUT2D eigenvalue weighted by atomic mass is 16.4. The minimum Gasteiger partial charge on any atom is -0.476 e. The van der Waals surface area contributed by atoms with E-state index >= 15 is 0 Å². The minimum absolute atomic E-state index is 0.0678. The molecule has 0 aliphatic carbocycles. The number of carboxylic acid groups (broad SMARTS) is 1. The molecule has 4 aromatic rings. The van der Waals surface area contributed by atoms with Crippen molar-refractivity contribution in [3.63, 3.8) is 0 Å². The Kier molecular flexibility index (Phi) is 5.34. The number of rotatable bonds is 6. The van der Waals surface area contributed by atoms with Gasteiger partial charge in [0.25, 0.3) is 0 Å². The lowest BCUT2D eigenvalue weighted by Crippen LogP contribution is -2.13. The number of nitrogens with one attached hydrogen (secondary N) is 1. The van der Waals surface area contributed by atoms with Gasteiger partial charge in [0.05, 0.1) is 11.3 Å². The van der Waals surface area contributed by atoms with Gasteiger partial charge in [-0.25, -0.2) is 9.78 Å². The van der Waals surface area contributed by atoms with Crippen molar-refractivity contribution in [2.45, 2.75) is 0 Å². The molecule has 0 amide bonds. The monoisotopic (exact) mass is 397 g/mol. The summed E-state index contributed by atoms with van der Waals surface area (Å²) in [5, 5.41) is 18.7. The molecule has 0 saturated carbocycles. The summed E-state index contributed by atoms with van der Waals surface area (Å²) >= 11 is 0. The molecule has 0 aliphatic heterocycles. The molecule has 0 atom stereocenters. The number of benzene rings is 2. The predicted octanol–water partition coefficient (Wildman–Crippen LogP) is 4.04. The van der Waals surface area contributed by atoms with Crippen LogP contribution in [-0.4, -0.2) is 31.6 Å². The average molecular weight is 397 g/mol. The molecule has 2 aromatic carbocycles. The van der Waals surface area contributed by atoms with Crippen LogP contribution in [0.2, 0.25) is 0 Å². The van der Waals surface area contributed by atoms with Gasteiger partial charge in [0, 0.05) is 24.4 Å². The van der Waals surface area contributed by atoms with Crippen molar-refractivity contribution in [3.8, 4) is 11.3 Å². The molecule has 0 unspecified atom stereocenters. The normalized spacial score (nSPS) is 11.3. The number of anilines is 1. The molecule has 2 aromatic heterocycles. The zero-order valence-corrected chi connectivity index (χ0v) is 16.2. The second-order valence-corrected chi connectivity index (χ2v) is 6.52. The van der Waals surface area contributed by atoms with Crippen molar-refractivity contribution in [1.82, 2.24) is 14.8 Å². The summed E-state index contributed by atoms with van der Waals surface area (Å²) in [5.74, 6) is -0.572. The average Bonchev–Trinajstić information content (AvgIpc) is 3.13. The van der Waals surface area contributed by atoms with E-state index in [-0.39, 0.29) is 5.69 Å². The van der Waals surface area contributed by atoms with Crippen molar-refractivity contribution >= 4 is 17.5 Å². The molecule has 0 saturated heterocycles. The largest absolute Gasteiger partial charge is 0.476 e. The molecule has 148 valence electrons. The maximum absolute atomic E-state index is 12.1.